The minimum atomic E-state index is -0.169. The maximum Gasteiger partial charge on any atom is 0.248 e. The summed E-state index contributed by atoms with van der Waals surface area (Å²) in [6.45, 7) is 0. The lowest BCUT2D eigenvalue weighted by molar-refractivity contribution is -0.119. The third kappa shape index (κ3) is 6.57. The molecule has 2 aromatic carbocycles. The summed E-state index contributed by atoms with van der Waals surface area (Å²) in [5.41, 5.74) is 6.91. The normalized spacial score (nSPS) is 10.1. The third-order valence-electron chi connectivity index (χ3n) is 2.84. The smallest absolute Gasteiger partial charge is 0.248 e. The summed E-state index contributed by atoms with van der Waals surface area (Å²) in [6.07, 6.45) is 0. The van der Waals surface area contributed by atoms with Gasteiger partial charge in [0.15, 0.2) is 5.11 Å². The minimum absolute atomic E-state index is 0.169. The Balaban J connectivity index is 1.69. The van der Waals surface area contributed by atoms with Gasteiger partial charge in [0.25, 0.3) is 0 Å². The largest absolute Gasteiger partial charge is 0.330 e. The van der Waals surface area contributed by atoms with Crippen LogP contribution < -0.4 is 16.2 Å². The van der Waals surface area contributed by atoms with Gasteiger partial charge in [0.1, 0.15) is 0 Å². The van der Waals surface area contributed by atoms with Gasteiger partial charge >= 0.3 is 0 Å². The van der Waals surface area contributed by atoms with Crippen LogP contribution in [0.5, 0.6) is 0 Å². The Labute approximate surface area is 160 Å². The number of hydrazine groups is 1. The van der Waals surface area contributed by atoms with Crippen molar-refractivity contribution < 1.29 is 4.79 Å². The van der Waals surface area contributed by atoms with Crippen molar-refractivity contribution >= 4 is 63.9 Å². The number of carbonyl (C=O) groups is 1. The zero-order chi connectivity index (χ0) is 17.4. The first-order valence-corrected chi connectivity index (χ1v) is 9.29. The molecule has 0 bridgehead atoms. The van der Waals surface area contributed by atoms with E-state index in [0.29, 0.717) is 21.5 Å². The van der Waals surface area contributed by atoms with Gasteiger partial charge in [-0.25, -0.2) is 0 Å². The van der Waals surface area contributed by atoms with E-state index in [9.17, 15) is 4.79 Å². The lowest BCUT2D eigenvalue weighted by Crippen LogP contribution is -2.44. The van der Waals surface area contributed by atoms with Crippen LogP contribution in [0.25, 0.3) is 0 Å². The van der Waals surface area contributed by atoms with E-state index in [1.807, 2.05) is 30.3 Å². The van der Waals surface area contributed by atoms with Crippen molar-refractivity contribution in [3.8, 4) is 0 Å². The third-order valence-corrected chi connectivity index (χ3v) is 4.61. The summed E-state index contributed by atoms with van der Waals surface area (Å²) in [5, 5.41) is 4.11. The second kappa shape index (κ2) is 9.74. The van der Waals surface area contributed by atoms with E-state index in [1.54, 1.807) is 18.2 Å². The molecule has 0 aromatic heterocycles. The first-order valence-electron chi connectivity index (χ1n) is 6.97. The zero-order valence-corrected chi connectivity index (χ0v) is 15.7. The molecule has 0 fully saturated rings. The molecule has 0 spiro atoms. The summed E-state index contributed by atoms with van der Waals surface area (Å²) in [6, 6.07) is 14.9. The maximum absolute atomic E-state index is 11.8. The van der Waals surface area contributed by atoms with Crippen molar-refractivity contribution in [3.63, 3.8) is 0 Å². The van der Waals surface area contributed by atoms with Crippen LogP contribution in [0.3, 0.4) is 0 Å². The molecule has 0 aliphatic rings. The molecule has 0 radical (unpaired) electrons. The van der Waals surface area contributed by atoms with E-state index >= 15 is 0 Å². The average molecular weight is 400 g/mol. The van der Waals surface area contributed by atoms with Gasteiger partial charge < -0.3 is 5.32 Å². The van der Waals surface area contributed by atoms with Gasteiger partial charge in [0.05, 0.1) is 16.5 Å². The van der Waals surface area contributed by atoms with Crippen molar-refractivity contribution in [2.75, 3.05) is 11.1 Å². The first kappa shape index (κ1) is 18.9. The second-order valence-corrected chi connectivity index (χ2v) is 6.97. The number of thioether (sulfide) groups is 1. The van der Waals surface area contributed by atoms with Gasteiger partial charge in [0, 0.05) is 10.8 Å². The quantitative estimate of drug-likeness (QED) is 0.518. The Morgan fingerprint density at radius 3 is 2.58 bits per heavy atom. The fraction of sp³-hybridized carbons (Fsp3) is 0.125. The summed E-state index contributed by atoms with van der Waals surface area (Å²) in [5.74, 6) is 0.926. The molecule has 1 amide bonds. The van der Waals surface area contributed by atoms with Crippen molar-refractivity contribution in [1.82, 2.24) is 10.9 Å². The summed E-state index contributed by atoms with van der Waals surface area (Å²) >= 11 is 18.6. The van der Waals surface area contributed by atoms with Gasteiger partial charge in [-0.15, -0.1) is 11.8 Å². The Morgan fingerprint density at radius 1 is 1.08 bits per heavy atom. The van der Waals surface area contributed by atoms with Gasteiger partial charge in [-0.3, -0.25) is 15.6 Å². The number of carbonyl (C=O) groups excluding carboxylic acids is 1. The molecule has 0 aliphatic heterocycles. The van der Waals surface area contributed by atoms with E-state index in [4.69, 9.17) is 35.4 Å². The second-order valence-electron chi connectivity index (χ2n) is 4.73. The van der Waals surface area contributed by atoms with Gasteiger partial charge in [-0.1, -0.05) is 53.5 Å². The van der Waals surface area contributed by atoms with Gasteiger partial charge in [-0.05, 0) is 36.0 Å². The lowest BCUT2D eigenvalue weighted by Gasteiger charge is -2.12. The van der Waals surface area contributed by atoms with E-state index in [0.717, 1.165) is 5.75 Å². The molecule has 126 valence electrons. The number of rotatable bonds is 5. The van der Waals surface area contributed by atoms with E-state index in [1.165, 1.54) is 17.3 Å². The summed E-state index contributed by atoms with van der Waals surface area (Å²) < 4.78 is 0. The van der Waals surface area contributed by atoms with Crippen LogP contribution >= 0.6 is 47.2 Å². The first-order chi connectivity index (χ1) is 11.5. The lowest BCUT2D eigenvalue weighted by atomic mass is 10.2. The predicted octanol–water partition coefficient (Wildman–Crippen LogP) is 4.24. The van der Waals surface area contributed by atoms with Crippen LogP contribution in [-0.2, 0) is 10.5 Å². The summed E-state index contributed by atoms with van der Waals surface area (Å²) in [7, 11) is 0. The molecule has 0 saturated carbocycles. The topological polar surface area (TPSA) is 53.2 Å². The number of anilines is 1. The van der Waals surface area contributed by atoms with Crippen LogP contribution in [-0.4, -0.2) is 16.8 Å². The average Bonchev–Trinajstić information content (AvgIpc) is 2.57. The number of hydrogen-bond acceptors (Lipinski definition) is 3. The Hall–Kier alpha value is -1.47. The fourth-order valence-corrected chi connectivity index (χ4v) is 3.03. The van der Waals surface area contributed by atoms with Gasteiger partial charge in [0.2, 0.25) is 5.91 Å². The highest BCUT2D eigenvalue weighted by atomic mass is 35.5. The Kier molecular flexibility index (Phi) is 7.65. The molecule has 3 N–H and O–H groups in total. The monoisotopic (exact) mass is 399 g/mol. The van der Waals surface area contributed by atoms with E-state index in [-0.39, 0.29) is 11.0 Å². The molecule has 2 aromatic rings. The van der Waals surface area contributed by atoms with Crippen molar-refractivity contribution in [1.29, 1.82) is 0 Å². The number of thiocarbonyl (C=S) groups is 1. The minimum Gasteiger partial charge on any atom is -0.330 e. The van der Waals surface area contributed by atoms with E-state index < -0.39 is 0 Å². The van der Waals surface area contributed by atoms with Crippen LogP contribution in [0.1, 0.15) is 5.56 Å². The highest BCUT2D eigenvalue weighted by Gasteiger charge is 2.06. The number of amides is 1. The van der Waals surface area contributed by atoms with Crippen LogP contribution in [0.4, 0.5) is 5.69 Å². The zero-order valence-electron chi connectivity index (χ0n) is 12.5. The van der Waals surface area contributed by atoms with Crippen LogP contribution in [0.15, 0.2) is 48.5 Å². The van der Waals surface area contributed by atoms with Crippen LogP contribution in [0, 0.1) is 0 Å². The van der Waals surface area contributed by atoms with Crippen LogP contribution in [0.2, 0.25) is 10.0 Å². The van der Waals surface area contributed by atoms with E-state index in [2.05, 4.69) is 16.2 Å². The Morgan fingerprint density at radius 2 is 1.83 bits per heavy atom. The number of hydrogen-bond donors (Lipinski definition) is 3. The molecular weight excluding hydrogens is 385 g/mol. The molecule has 0 heterocycles. The standard InChI is InChI=1S/C16H15Cl2N3OS2/c17-12-6-7-13(18)14(8-12)19-16(23)21-20-15(22)10-24-9-11-4-2-1-3-5-11/h1-8H,9-10H2,(H,20,22)(H2,19,21,23). The van der Waals surface area contributed by atoms with Crippen molar-refractivity contribution in [2.24, 2.45) is 0 Å². The molecule has 4 nitrogen and oxygen atoms in total. The number of nitrogens with one attached hydrogen (secondary N) is 3. The molecule has 0 aliphatic carbocycles. The SMILES string of the molecule is O=C(CSCc1ccccc1)NNC(=S)Nc1cc(Cl)ccc1Cl. The summed E-state index contributed by atoms with van der Waals surface area (Å²) in [4.78, 5) is 11.8. The predicted molar refractivity (Wildman–Crippen MR) is 107 cm³/mol. The number of benzene rings is 2. The molecule has 8 heteroatoms. The Bertz CT molecular complexity index is 714. The molecule has 24 heavy (non-hydrogen) atoms. The highest BCUT2D eigenvalue weighted by Crippen LogP contribution is 2.25. The molecule has 2 rings (SSSR count). The number of halogens is 2. The van der Waals surface area contributed by atoms with Crippen molar-refractivity contribution in [3.05, 3.63) is 64.1 Å². The maximum atomic E-state index is 11.8. The molecule has 0 atom stereocenters. The van der Waals surface area contributed by atoms with Crippen molar-refractivity contribution in [2.45, 2.75) is 5.75 Å². The molecule has 0 unspecified atom stereocenters. The highest BCUT2D eigenvalue weighted by molar-refractivity contribution is 7.99. The molecule has 0 saturated heterocycles. The van der Waals surface area contributed by atoms with Gasteiger partial charge in [-0.2, -0.15) is 0 Å². The fourth-order valence-electron chi connectivity index (χ4n) is 1.75. The molecular formula is C16H15Cl2N3OS2.